The zero-order valence-electron chi connectivity index (χ0n) is 11.3. The van der Waals surface area contributed by atoms with E-state index < -0.39 is 17.6 Å². The molecule has 1 aliphatic heterocycles. The number of likely N-dealkylation sites (tertiary alicyclic amines) is 1. The molecule has 2 N–H and O–H groups in total. The molecule has 1 saturated carbocycles. The average Bonchev–Trinajstić information content (AvgIpc) is 2.96. The number of amides is 2. The fourth-order valence-corrected chi connectivity index (χ4v) is 3.17. The van der Waals surface area contributed by atoms with E-state index in [2.05, 4.69) is 0 Å². The lowest BCUT2D eigenvalue weighted by molar-refractivity contribution is -0.141. The Labute approximate surface area is 113 Å². The molecule has 6 nitrogen and oxygen atoms in total. The van der Waals surface area contributed by atoms with Gasteiger partial charge in [0, 0.05) is 13.6 Å². The molecule has 2 rings (SSSR count). The standard InChI is InChI=1S/C13H22N2O4/c1-14(9-13(19)6-2-3-7-13)12(18)15-8-4-5-10(15)11(16)17/h10,19H,2-9H2,1H3,(H,16,17)/t10-/m1/s1. The summed E-state index contributed by atoms with van der Waals surface area (Å²) in [7, 11) is 1.63. The van der Waals surface area contributed by atoms with Crippen molar-refractivity contribution in [1.29, 1.82) is 0 Å². The Bertz CT molecular complexity index is 366. The maximum Gasteiger partial charge on any atom is 0.326 e. The van der Waals surface area contributed by atoms with Gasteiger partial charge in [-0.3, -0.25) is 0 Å². The van der Waals surface area contributed by atoms with Crippen LogP contribution in [0.15, 0.2) is 0 Å². The maximum absolute atomic E-state index is 12.3. The van der Waals surface area contributed by atoms with Crippen molar-refractivity contribution < 1.29 is 19.8 Å². The number of likely N-dealkylation sites (N-methyl/N-ethyl adjacent to an activating group) is 1. The molecule has 0 radical (unpaired) electrons. The second-order valence-electron chi connectivity index (χ2n) is 5.76. The first-order valence-electron chi connectivity index (χ1n) is 6.90. The van der Waals surface area contributed by atoms with Crippen LogP contribution in [0.1, 0.15) is 38.5 Å². The van der Waals surface area contributed by atoms with Crippen molar-refractivity contribution in [3.8, 4) is 0 Å². The minimum Gasteiger partial charge on any atom is -0.480 e. The average molecular weight is 270 g/mol. The van der Waals surface area contributed by atoms with Crippen molar-refractivity contribution in [2.75, 3.05) is 20.1 Å². The highest BCUT2D eigenvalue weighted by Crippen LogP contribution is 2.30. The van der Waals surface area contributed by atoms with Gasteiger partial charge in [0.05, 0.1) is 12.1 Å². The molecule has 6 heteroatoms. The molecule has 0 bridgehead atoms. The van der Waals surface area contributed by atoms with E-state index in [1.807, 2.05) is 0 Å². The van der Waals surface area contributed by atoms with Gasteiger partial charge >= 0.3 is 12.0 Å². The summed E-state index contributed by atoms with van der Waals surface area (Å²) in [5.41, 5.74) is -0.789. The van der Waals surface area contributed by atoms with Crippen LogP contribution in [0.3, 0.4) is 0 Å². The number of carboxylic acid groups (broad SMARTS) is 1. The molecule has 0 aromatic carbocycles. The molecule has 1 heterocycles. The maximum atomic E-state index is 12.3. The van der Waals surface area contributed by atoms with Crippen molar-refractivity contribution in [1.82, 2.24) is 9.80 Å². The van der Waals surface area contributed by atoms with Crippen LogP contribution in [0, 0.1) is 0 Å². The summed E-state index contributed by atoms with van der Waals surface area (Å²) in [6.07, 6.45) is 4.64. The Hall–Kier alpha value is -1.30. The van der Waals surface area contributed by atoms with E-state index in [0.29, 0.717) is 25.8 Å². The molecule has 2 amide bonds. The van der Waals surface area contributed by atoms with E-state index >= 15 is 0 Å². The highest BCUT2D eigenvalue weighted by atomic mass is 16.4. The van der Waals surface area contributed by atoms with Crippen LogP contribution < -0.4 is 0 Å². The van der Waals surface area contributed by atoms with E-state index in [4.69, 9.17) is 5.11 Å². The molecule has 0 aromatic rings. The zero-order valence-corrected chi connectivity index (χ0v) is 11.3. The van der Waals surface area contributed by atoms with Crippen LogP contribution in [0.5, 0.6) is 0 Å². The second-order valence-corrected chi connectivity index (χ2v) is 5.76. The van der Waals surface area contributed by atoms with Gasteiger partial charge in [-0.15, -0.1) is 0 Å². The normalized spacial score (nSPS) is 25.6. The number of aliphatic hydroxyl groups is 1. The van der Waals surface area contributed by atoms with Crippen LogP contribution in [-0.4, -0.2) is 63.8 Å². The molecule has 108 valence electrons. The summed E-state index contributed by atoms with van der Waals surface area (Å²) in [6.45, 7) is 0.771. The largest absolute Gasteiger partial charge is 0.480 e. The summed E-state index contributed by atoms with van der Waals surface area (Å²) >= 11 is 0. The fraction of sp³-hybridized carbons (Fsp3) is 0.846. The van der Waals surface area contributed by atoms with Gasteiger partial charge in [0.25, 0.3) is 0 Å². The lowest BCUT2D eigenvalue weighted by atomic mass is 10.0. The second kappa shape index (κ2) is 5.36. The quantitative estimate of drug-likeness (QED) is 0.798. The van der Waals surface area contributed by atoms with E-state index in [1.54, 1.807) is 7.05 Å². The molecular formula is C13H22N2O4. The number of urea groups is 1. The molecule has 0 spiro atoms. The van der Waals surface area contributed by atoms with Crippen LogP contribution in [-0.2, 0) is 4.79 Å². The predicted octanol–water partition coefficient (Wildman–Crippen LogP) is 0.892. The first-order chi connectivity index (χ1) is 8.93. The minimum atomic E-state index is -0.946. The van der Waals surface area contributed by atoms with Crippen molar-refractivity contribution in [3.05, 3.63) is 0 Å². The monoisotopic (exact) mass is 270 g/mol. The summed E-state index contributed by atoms with van der Waals surface area (Å²) in [5, 5.41) is 19.4. The Morgan fingerprint density at radius 2 is 1.95 bits per heavy atom. The summed E-state index contributed by atoms with van der Waals surface area (Å²) in [5.74, 6) is -0.946. The smallest absolute Gasteiger partial charge is 0.326 e. The number of carboxylic acids is 1. The third kappa shape index (κ3) is 3.00. The summed E-state index contributed by atoms with van der Waals surface area (Å²) in [6, 6.07) is -1.00. The Balaban J connectivity index is 1.96. The van der Waals surface area contributed by atoms with Gasteiger partial charge in [0.2, 0.25) is 0 Å². The summed E-state index contributed by atoms with van der Waals surface area (Å²) < 4.78 is 0. The van der Waals surface area contributed by atoms with Crippen LogP contribution in [0.4, 0.5) is 4.79 Å². The van der Waals surface area contributed by atoms with Gasteiger partial charge < -0.3 is 20.0 Å². The summed E-state index contributed by atoms with van der Waals surface area (Å²) in [4.78, 5) is 26.2. The SMILES string of the molecule is CN(CC1(O)CCCC1)C(=O)N1CCC[C@@H]1C(=O)O. The molecular weight excluding hydrogens is 248 g/mol. The third-order valence-corrected chi connectivity index (χ3v) is 4.18. The van der Waals surface area contributed by atoms with Crippen molar-refractivity contribution in [2.45, 2.75) is 50.2 Å². The molecule has 1 saturated heterocycles. The Kier molecular flexibility index (Phi) is 3.99. The van der Waals surface area contributed by atoms with E-state index in [0.717, 1.165) is 19.3 Å². The van der Waals surface area contributed by atoms with E-state index in [9.17, 15) is 14.7 Å². The van der Waals surface area contributed by atoms with Gasteiger partial charge in [-0.25, -0.2) is 9.59 Å². The van der Waals surface area contributed by atoms with Crippen molar-refractivity contribution in [3.63, 3.8) is 0 Å². The number of aliphatic carboxylic acids is 1. The van der Waals surface area contributed by atoms with Gasteiger partial charge in [-0.2, -0.15) is 0 Å². The zero-order chi connectivity index (χ0) is 14.0. The van der Waals surface area contributed by atoms with Gasteiger partial charge in [0.1, 0.15) is 6.04 Å². The van der Waals surface area contributed by atoms with Crippen molar-refractivity contribution >= 4 is 12.0 Å². The first-order valence-corrected chi connectivity index (χ1v) is 6.90. The van der Waals surface area contributed by atoms with E-state index in [-0.39, 0.29) is 12.6 Å². The van der Waals surface area contributed by atoms with Crippen LogP contribution >= 0.6 is 0 Å². The first kappa shape index (κ1) is 14.1. The molecule has 1 aliphatic carbocycles. The molecule has 2 fully saturated rings. The van der Waals surface area contributed by atoms with Gasteiger partial charge in [-0.1, -0.05) is 12.8 Å². The highest BCUT2D eigenvalue weighted by Gasteiger charge is 2.38. The Morgan fingerprint density at radius 1 is 1.32 bits per heavy atom. The van der Waals surface area contributed by atoms with E-state index in [1.165, 1.54) is 9.80 Å². The molecule has 2 aliphatic rings. The third-order valence-electron chi connectivity index (χ3n) is 4.18. The minimum absolute atomic E-state index is 0.286. The number of rotatable bonds is 3. The molecule has 0 aromatic heterocycles. The number of hydrogen-bond acceptors (Lipinski definition) is 3. The topological polar surface area (TPSA) is 81.1 Å². The fourth-order valence-electron chi connectivity index (χ4n) is 3.17. The van der Waals surface area contributed by atoms with Crippen LogP contribution in [0.2, 0.25) is 0 Å². The number of carbonyl (C=O) groups excluding carboxylic acids is 1. The molecule has 19 heavy (non-hydrogen) atoms. The molecule has 0 unspecified atom stereocenters. The number of carbonyl (C=O) groups is 2. The highest BCUT2D eigenvalue weighted by molar-refractivity contribution is 5.83. The van der Waals surface area contributed by atoms with Gasteiger partial charge in [-0.05, 0) is 25.7 Å². The molecule has 1 atom stereocenters. The van der Waals surface area contributed by atoms with Crippen LogP contribution in [0.25, 0.3) is 0 Å². The predicted molar refractivity (Wildman–Crippen MR) is 68.8 cm³/mol. The lowest BCUT2D eigenvalue weighted by Gasteiger charge is -2.32. The Morgan fingerprint density at radius 3 is 2.53 bits per heavy atom. The number of nitrogens with zero attached hydrogens (tertiary/aromatic N) is 2. The van der Waals surface area contributed by atoms with Gasteiger partial charge in [0.15, 0.2) is 0 Å². The number of hydrogen-bond donors (Lipinski definition) is 2. The lowest BCUT2D eigenvalue weighted by Crippen LogP contribution is -2.50. The van der Waals surface area contributed by atoms with Crippen molar-refractivity contribution in [2.24, 2.45) is 0 Å².